The van der Waals surface area contributed by atoms with Crippen LogP contribution in [0, 0.1) is 6.92 Å². The number of amides is 2. The predicted octanol–water partition coefficient (Wildman–Crippen LogP) is 3.87. The Morgan fingerprint density at radius 3 is 2.45 bits per heavy atom. The molecule has 2 aromatic carbocycles. The minimum atomic E-state index is -3.69. The van der Waals surface area contributed by atoms with Crippen molar-refractivity contribution in [2.24, 2.45) is 0 Å². The second-order valence-electron chi connectivity index (χ2n) is 7.73. The second kappa shape index (κ2) is 11.1. The van der Waals surface area contributed by atoms with E-state index in [0.29, 0.717) is 36.6 Å². The Bertz CT molecular complexity index is 1160. The van der Waals surface area contributed by atoms with E-state index in [1.54, 1.807) is 40.8 Å². The number of carbonyl (C=O) groups is 1. The van der Waals surface area contributed by atoms with E-state index in [9.17, 15) is 13.2 Å². The van der Waals surface area contributed by atoms with Gasteiger partial charge in [-0.25, -0.2) is 18.2 Å². The molecule has 0 radical (unpaired) electrons. The van der Waals surface area contributed by atoms with Gasteiger partial charge in [-0.2, -0.15) is 0 Å². The molecule has 0 fully saturated rings. The number of anilines is 1. The van der Waals surface area contributed by atoms with Crippen LogP contribution in [0.1, 0.15) is 23.7 Å². The molecule has 0 aliphatic carbocycles. The van der Waals surface area contributed by atoms with Gasteiger partial charge in [0.1, 0.15) is 0 Å². The number of benzene rings is 2. The molecule has 8 nitrogen and oxygen atoms in total. The summed E-state index contributed by atoms with van der Waals surface area (Å²) in [6.07, 6.45) is 1.52. The van der Waals surface area contributed by atoms with Crippen molar-refractivity contribution in [1.29, 1.82) is 0 Å². The lowest BCUT2D eigenvalue weighted by Gasteiger charge is -2.22. The zero-order valence-electron chi connectivity index (χ0n) is 19.2. The molecule has 0 spiro atoms. The maximum atomic E-state index is 13.1. The Balaban J connectivity index is 1.83. The zero-order chi connectivity index (χ0) is 23.8. The summed E-state index contributed by atoms with van der Waals surface area (Å²) >= 11 is 0. The standard InChI is InChI=1S/C24H30N4O4S/c1-4-27(23(29)26-21-12-10-19(2)11-13-21)17-22-16-25-24(28(22)14-15-32-3)33(30,31)18-20-8-6-5-7-9-20/h5-13,16H,4,14-15,17-18H2,1-3H3,(H,26,29). The van der Waals surface area contributed by atoms with Crippen molar-refractivity contribution >= 4 is 21.6 Å². The Labute approximate surface area is 195 Å². The summed E-state index contributed by atoms with van der Waals surface area (Å²) in [6.45, 7) is 5.14. The van der Waals surface area contributed by atoms with Gasteiger partial charge < -0.3 is 19.5 Å². The van der Waals surface area contributed by atoms with Gasteiger partial charge in [0.25, 0.3) is 0 Å². The van der Waals surface area contributed by atoms with Gasteiger partial charge in [0.05, 0.1) is 30.8 Å². The fourth-order valence-electron chi connectivity index (χ4n) is 3.41. The van der Waals surface area contributed by atoms with E-state index < -0.39 is 9.84 Å². The smallest absolute Gasteiger partial charge is 0.322 e. The third-order valence-corrected chi connectivity index (χ3v) is 6.82. The van der Waals surface area contributed by atoms with Crippen LogP contribution in [-0.2, 0) is 33.4 Å². The number of nitrogens with zero attached hydrogens (tertiary/aromatic N) is 3. The van der Waals surface area contributed by atoms with Gasteiger partial charge in [0.2, 0.25) is 15.0 Å². The van der Waals surface area contributed by atoms with Crippen LogP contribution in [0.25, 0.3) is 0 Å². The van der Waals surface area contributed by atoms with Gasteiger partial charge in [-0.1, -0.05) is 48.0 Å². The molecule has 0 saturated heterocycles. The average Bonchev–Trinajstić information content (AvgIpc) is 3.21. The number of aromatic nitrogens is 2. The number of hydrogen-bond donors (Lipinski definition) is 1. The molecule has 9 heteroatoms. The number of rotatable bonds is 10. The minimum Gasteiger partial charge on any atom is -0.383 e. The van der Waals surface area contributed by atoms with Gasteiger partial charge in [0.15, 0.2) is 0 Å². The number of carbonyl (C=O) groups excluding carboxylic acids is 1. The van der Waals surface area contributed by atoms with Crippen molar-refractivity contribution < 1.29 is 17.9 Å². The van der Waals surface area contributed by atoms with Gasteiger partial charge in [-0.3, -0.25) is 0 Å². The van der Waals surface area contributed by atoms with E-state index in [1.165, 1.54) is 6.20 Å². The molecule has 3 aromatic rings. The third kappa shape index (κ3) is 6.43. The summed E-state index contributed by atoms with van der Waals surface area (Å²) < 4.78 is 33.1. The van der Waals surface area contributed by atoms with E-state index in [4.69, 9.17) is 4.74 Å². The lowest BCUT2D eigenvalue weighted by atomic mass is 10.2. The SMILES string of the molecule is CCN(Cc1cnc(S(=O)(=O)Cc2ccccc2)n1CCOC)C(=O)Nc1ccc(C)cc1. The molecule has 1 aromatic heterocycles. The first-order valence-corrected chi connectivity index (χ1v) is 12.4. The lowest BCUT2D eigenvalue weighted by Crippen LogP contribution is -2.35. The number of urea groups is 1. The van der Waals surface area contributed by atoms with Crippen LogP contribution >= 0.6 is 0 Å². The highest BCUT2D eigenvalue weighted by Crippen LogP contribution is 2.19. The number of nitrogens with one attached hydrogen (secondary N) is 1. The first kappa shape index (κ1) is 24.5. The molecule has 1 heterocycles. The minimum absolute atomic E-state index is 0.0200. The fraction of sp³-hybridized carbons (Fsp3) is 0.333. The molecule has 0 saturated carbocycles. The quantitative estimate of drug-likeness (QED) is 0.486. The van der Waals surface area contributed by atoms with Crippen molar-refractivity contribution in [1.82, 2.24) is 14.5 Å². The van der Waals surface area contributed by atoms with Crippen LogP contribution in [0.15, 0.2) is 66.0 Å². The summed E-state index contributed by atoms with van der Waals surface area (Å²) in [7, 11) is -2.13. The summed E-state index contributed by atoms with van der Waals surface area (Å²) in [4.78, 5) is 18.7. The topological polar surface area (TPSA) is 93.5 Å². The lowest BCUT2D eigenvalue weighted by molar-refractivity contribution is 0.181. The van der Waals surface area contributed by atoms with E-state index in [2.05, 4.69) is 10.3 Å². The Hall–Kier alpha value is -3.17. The van der Waals surface area contributed by atoms with Gasteiger partial charge in [0, 0.05) is 25.9 Å². The number of ether oxygens (including phenoxy) is 1. The highest BCUT2D eigenvalue weighted by Gasteiger charge is 2.25. The molecule has 0 aliphatic heterocycles. The number of imidazole rings is 1. The van der Waals surface area contributed by atoms with E-state index in [0.717, 1.165) is 5.56 Å². The summed E-state index contributed by atoms with van der Waals surface area (Å²) in [6, 6.07) is 16.3. The molecule has 33 heavy (non-hydrogen) atoms. The van der Waals surface area contributed by atoms with Crippen molar-refractivity contribution in [3.05, 3.63) is 77.6 Å². The normalized spacial score (nSPS) is 11.4. The third-order valence-electron chi connectivity index (χ3n) is 5.22. The fourth-order valence-corrected chi connectivity index (χ4v) is 4.93. The largest absolute Gasteiger partial charge is 0.383 e. The average molecular weight is 471 g/mol. The molecule has 0 bridgehead atoms. The molecular formula is C24H30N4O4S. The second-order valence-corrected chi connectivity index (χ2v) is 9.61. The zero-order valence-corrected chi connectivity index (χ0v) is 20.0. The van der Waals surface area contributed by atoms with Gasteiger partial charge in [-0.15, -0.1) is 0 Å². The molecule has 1 N–H and O–H groups in total. The molecule has 0 aliphatic rings. The number of methoxy groups -OCH3 is 1. The van der Waals surface area contributed by atoms with E-state index >= 15 is 0 Å². The Morgan fingerprint density at radius 1 is 1.12 bits per heavy atom. The van der Waals surface area contributed by atoms with Crippen LogP contribution < -0.4 is 5.32 Å². The van der Waals surface area contributed by atoms with Crippen LogP contribution in [-0.4, -0.2) is 49.2 Å². The monoisotopic (exact) mass is 470 g/mol. The highest BCUT2D eigenvalue weighted by molar-refractivity contribution is 7.90. The van der Waals surface area contributed by atoms with E-state index in [-0.39, 0.29) is 23.5 Å². The number of sulfone groups is 1. The highest BCUT2D eigenvalue weighted by atomic mass is 32.2. The summed E-state index contributed by atoms with van der Waals surface area (Å²) in [5.74, 6) is -0.150. The van der Waals surface area contributed by atoms with Crippen LogP contribution in [0.2, 0.25) is 0 Å². The maximum absolute atomic E-state index is 13.1. The molecule has 176 valence electrons. The van der Waals surface area contributed by atoms with E-state index in [1.807, 2.05) is 44.2 Å². The Kier molecular flexibility index (Phi) is 8.24. The van der Waals surface area contributed by atoms with Crippen LogP contribution in [0.4, 0.5) is 10.5 Å². The molecule has 0 atom stereocenters. The van der Waals surface area contributed by atoms with Gasteiger partial charge in [-0.05, 0) is 31.5 Å². The summed E-state index contributed by atoms with van der Waals surface area (Å²) in [5, 5.41) is 2.87. The van der Waals surface area contributed by atoms with Crippen molar-refractivity contribution in [3.63, 3.8) is 0 Å². The van der Waals surface area contributed by atoms with Crippen molar-refractivity contribution in [2.45, 2.75) is 37.8 Å². The summed E-state index contributed by atoms with van der Waals surface area (Å²) in [5.41, 5.74) is 3.11. The maximum Gasteiger partial charge on any atom is 0.322 e. The van der Waals surface area contributed by atoms with Crippen molar-refractivity contribution in [2.75, 3.05) is 25.6 Å². The number of aryl methyl sites for hydroxylation is 1. The molecule has 2 amide bonds. The van der Waals surface area contributed by atoms with Crippen LogP contribution in [0.3, 0.4) is 0 Å². The molecule has 3 rings (SSSR count). The first-order chi connectivity index (χ1) is 15.8. The Morgan fingerprint density at radius 2 is 1.82 bits per heavy atom. The first-order valence-electron chi connectivity index (χ1n) is 10.8. The molecule has 0 unspecified atom stereocenters. The number of hydrogen-bond acceptors (Lipinski definition) is 5. The molecular weight excluding hydrogens is 440 g/mol. The predicted molar refractivity (Wildman–Crippen MR) is 128 cm³/mol. The van der Waals surface area contributed by atoms with Crippen LogP contribution in [0.5, 0.6) is 0 Å². The van der Waals surface area contributed by atoms with Crippen molar-refractivity contribution in [3.8, 4) is 0 Å². The van der Waals surface area contributed by atoms with Gasteiger partial charge >= 0.3 is 6.03 Å².